The zero-order valence-electron chi connectivity index (χ0n) is 22.3. The normalized spacial score (nSPS) is 24.4. The van der Waals surface area contributed by atoms with Crippen molar-refractivity contribution in [3.05, 3.63) is 54.1 Å². The van der Waals surface area contributed by atoms with Crippen molar-refractivity contribution in [2.75, 3.05) is 57.8 Å². The number of ether oxygens (including phenoxy) is 1. The van der Waals surface area contributed by atoms with E-state index in [0.717, 1.165) is 25.9 Å². The van der Waals surface area contributed by atoms with Crippen molar-refractivity contribution in [3.8, 4) is 17.0 Å². The monoisotopic (exact) mass is 537 g/mol. The number of rotatable bonds is 3. The van der Waals surface area contributed by atoms with Crippen LogP contribution < -0.4 is 9.64 Å². The molecule has 0 radical (unpaired) electrons. The number of pyridine rings is 1. The van der Waals surface area contributed by atoms with Crippen LogP contribution in [-0.2, 0) is 4.79 Å². The first-order valence-electron chi connectivity index (χ1n) is 13.5. The van der Waals surface area contributed by atoms with Crippen molar-refractivity contribution in [2.24, 2.45) is 5.41 Å². The van der Waals surface area contributed by atoms with Crippen LogP contribution in [0.1, 0.15) is 30.1 Å². The van der Waals surface area contributed by atoms with E-state index < -0.39 is 17.7 Å². The number of piperazine rings is 1. The molecule has 2 atom stereocenters. The molecule has 3 fully saturated rings. The Balaban J connectivity index is 1.44. The molecule has 8 nitrogen and oxygen atoms in total. The van der Waals surface area contributed by atoms with Gasteiger partial charge in [0.25, 0.3) is 5.91 Å². The van der Waals surface area contributed by atoms with Gasteiger partial charge in [0.05, 0.1) is 6.04 Å². The number of hydrogen-bond donors (Lipinski definition) is 0. The van der Waals surface area contributed by atoms with Crippen molar-refractivity contribution in [1.82, 2.24) is 19.7 Å². The third-order valence-electron chi connectivity index (χ3n) is 8.69. The van der Waals surface area contributed by atoms with Gasteiger partial charge in [0.2, 0.25) is 5.91 Å². The topological polar surface area (TPSA) is 69.2 Å². The smallest absolute Gasteiger partial charge is 0.262 e. The highest BCUT2D eigenvalue weighted by Crippen LogP contribution is 2.46. The van der Waals surface area contributed by atoms with Gasteiger partial charge in [-0.1, -0.05) is 18.7 Å². The van der Waals surface area contributed by atoms with Gasteiger partial charge in [-0.2, -0.15) is 0 Å². The predicted molar refractivity (Wildman–Crippen MR) is 143 cm³/mol. The molecule has 6 rings (SSSR count). The fourth-order valence-corrected chi connectivity index (χ4v) is 6.93. The number of anilines is 1. The average Bonchev–Trinajstić information content (AvgIpc) is 3.05. The van der Waals surface area contributed by atoms with E-state index in [-0.39, 0.29) is 65.5 Å². The summed E-state index contributed by atoms with van der Waals surface area (Å²) >= 11 is 0. The molecular formula is C29H33F2N5O3. The Morgan fingerprint density at radius 1 is 1.18 bits per heavy atom. The van der Waals surface area contributed by atoms with Crippen molar-refractivity contribution in [1.29, 1.82) is 0 Å². The number of halogens is 2. The second-order valence-electron chi connectivity index (χ2n) is 11.4. The Labute approximate surface area is 226 Å². The van der Waals surface area contributed by atoms with E-state index >= 15 is 4.39 Å². The van der Waals surface area contributed by atoms with Gasteiger partial charge in [-0.05, 0) is 50.4 Å². The van der Waals surface area contributed by atoms with E-state index in [1.807, 2.05) is 0 Å². The lowest BCUT2D eigenvalue weighted by atomic mass is 9.70. The minimum absolute atomic E-state index is 0.00173. The largest absolute Gasteiger partial charge is 0.487 e. The van der Waals surface area contributed by atoms with Crippen LogP contribution >= 0.6 is 0 Å². The Morgan fingerprint density at radius 2 is 1.95 bits per heavy atom. The Bertz CT molecular complexity index is 1340. The SMILES string of the molecule is C=CC(=O)N1CCN2C(=O)c3c(N4CCC5(C[C@@H]4C)CN(C)C5)nc(-c4ccccc4F)c(F)c3OC[C@H]2C1. The first-order chi connectivity index (χ1) is 18.7. The van der Waals surface area contributed by atoms with Crippen LogP contribution in [0, 0.1) is 17.0 Å². The number of fused-ring (bicyclic) bond motifs is 2. The molecule has 2 amide bonds. The minimum Gasteiger partial charge on any atom is -0.487 e. The minimum atomic E-state index is -0.854. The summed E-state index contributed by atoms with van der Waals surface area (Å²) in [5.41, 5.74) is 0.151. The standard InChI is InChI=1S/C29H33F2N5O3/c1-4-22(37)34-11-12-36-19(14-34)15-39-26-23(28(36)38)27(32-25(24(26)31)20-7-5-6-8-21(20)30)35-10-9-29(13-18(35)2)16-33(3)17-29/h4-8,18-19H,1,9-17H2,2-3H3/t18-,19+/m0/s1. The molecule has 0 unspecified atom stereocenters. The Hall–Kier alpha value is -3.53. The van der Waals surface area contributed by atoms with Crippen LogP contribution in [0.25, 0.3) is 11.3 Å². The van der Waals surface area contributed by atoms with Crippen molar-refractivity contribution in [2.45, 2.75) is 31.8 Å². The summed E-state index contributed by atoms with van der Waals surface area (Å²) in [6.07, 6.45) is 3.08. The van der Waals surface area contributed by atoms with Gasteiger partial charge in [0.15, 0.2) is 11.6 Å². The molecule has 4 aliphatic heterocycles. The molecule has 1 aromatic carbocycles. The molecule has 206 valence electrons. The van der Waals surface area contributed by atoms with Gasteiger partial charge >= 0.3 is 0 Å². The molecule has 39 heavy (non-hydrogen) atoms. The van der Waals surface area contributed by atoms with Crippen molar-refractivity contribution >= 4 is 17.6 Å². The number of likely N-dealkylation sites (tertiary alicyclic amines) is 1. The van der Waals surface area contributed by atoms with Crippen LogP contribution in [0.4, 0.5) is 14.6 Å². The first kappa shape index (κ1) is 25.7. The number of amides is 2. The van der Waals surface area contributed by atoms with Gasteiger partial charge < -0.3 is 24.3 Å². The maximum absolute atomic E-state index is 16.2. The van der Waals surface area contributed by atoms with E-state index in [1.165, 1.54) is 24.3 Å². The average molecular weight is 538 g/mol. The summed E-state index contributed by atoms with van der Waals surface area (Å²) in [5.74, 6) is -1.93. The molecule has 0 saturated carbocycles. The molecular weight excluding hydrogens is 504 g/mol. The summed E-state index contributed by atoms with van der Waals surface area (Å²) in [5, 5.41) is 0. The summed E-state index contributed by atoms with van der Waals surface area (Å²) < 4.78 is 37.1. The van der Waals surface area contributed by atoms with E-state index in [9.17, 15) is 14.0 Å². The number of carbonyl (C=O) groups is 2. The Kier molecular flexibility index (Phi) is 6.32. The van der Waals surface area contributed by atoms with Gasteiger partial charge in [-0.15, -0.1) is 0 Å². The summed E-state index contributed by atoms with van der Waals surface area (Å²) in [4.78, 5) is 38.7. The molecule has 1 spiro atoms. The maximum Gasteiger partial charge on any atom is 0.262 e. The molecule has 4 aliphatic rings. The highest BCUT2D eigenvalue weighted by molar-refractivity contribution is 6.03. The number of aromatic nitrogens is 1. The van der Waals surface area contributed by atoms with Gasteiger partial charge in [0, 0.05) is 50.9 Å². The fraction of sp³-hybridized carbons (Fsp3) is 0.483. The molecule has 0 aliphatic carbocycles. The molecule has 2 aromatic rings. The van der Waals surface area contributed by atoms with Crippen LogP contribution in [-0.4, -0.2) is 96.5 Å². The van der Waals surface area contributed by atoms with Crippen LogP contribution in [0.15, 0.2) is 36.9 Å². The van der Waals surface area contributed by atoms with Crippen LogP contribution in [0.3, 0.4) is 0 Å². The number of benzene rings is 1. The highest BCUT2D eigenvalue weighted by Gasteiger charge is 2.47. The summed E-state index contributed by atoms with van der Waals surface area (Å²) in [6, 6.07) is 5.49. The van der Waals surface area contributed by atoms with E-state index in [1.54, 1.807) is 15.9 Å². The predicted octanol–water partition coefficient (Wildman–Crippen LogP) is 3.18. The quantitative estimate of drug-likeness (QED) is 0.561. The highest BCUT2D eigenvalue weighted by atomic mass is 19.1. The molecule has 0 bridgehead atoms. The number of piperidine rings is 1. The first-order valence-corrected chi connectivity index (χ1v) is 13.5. The summed E-state index contributed by atoms with van der Waals surface area (Å²) in [6.45, 7) is 9.25. The third kappa shape index (κ3) is 4.25. The van der Waals surface area contributed by atoms with Crippen LogP contribution in [0.5, 0.6) is 5.75 Å². The van der Waals surface area contributed by atoms with Gasteiger partial charge in [0.1, 0.15) is 29.5 Å². The lowest BCUT2D eigenvalue weighted by Gasteiger charge is -2.55. The fourth-order valence-electron chi connectivity index (χ4n) is 6.93. The second-order valence-corrected chi connectivity index (χ2v) is 11.4. The van der Waals surface area contributed by atoms with Crippen LogP contribution in [0.2, 0.25) is 0 Å². The zero-order chi connectivity index (χ0) is 27.5. The molecule has 10 heteroatoms. The Morgan fingerprint density at radius 3 is 2.64 bits per heavy atom. The molecule has 5 heterocycles. The van der Waals surface area contributed by atoms with Crippen molar-refractivity contribution < 1.29 is 23.1 Å². The maximum atomic E-state index is 16.2. The molecule has 3 saturated heterocycles. The van der Waals surface area contributed by atoms with E-state index in [2.05, 4.69) is 35.3 Å². The molecule has 0 N–H and O–H groups in total. The second kappa shape index (κ2) is 9.59. The zero-order valence-corrected chi connectivity index (χ0v) is 22.3. The third-order valence-corrected chi connectivity index (χ3v) is 8.69. The van der Waals surface area contributed by atoms with Gasteiger partial charge in [-0.25, -0.2) is 13.8 Å². The van der Waals surface area contributed by atoms with E-state index in [4.69, 9.17) is 4.74 Å². The summed E-state index contributed by atoms with van der Waals surface area (Å²) in [7, 11) is 2.11. The number of carbonyl (C=O) groups excluding carboxylic acids is 2. The lowest BCUT2D eigenvalue weighted by molar-refractivity contribution is -0.128. The number of hydrogen-bond acceptors (Lipinski definition) is 6. The van der Waals surface area contributed by atoms with Gasteiger partial charge in [-0.3, -0.25) is 9.59 Å². The number of nitrogens with zero attached hydrogens (tertiary/aromatic N) is 5. The molecule has 1 aromatic heterocycles. The lowest BCUT2D eigenvalue weighted by Crippen LogP contribution is -2.61. The van der Waals surface area contributed by atoms with Crippen molar-refractivity contribution in [3.63, 3.8) is 0 Å². The van der Waals surface area contributed by atoms with E-state index in [0.29, 0.717) is 18.9 Å².